The van der Waals surface area contributed by atoms with Crippen LogP contribution in [-0.4, -0.2) is 26.9 Å². The lowest BCUT2D eigenvalue weighted by Crippen LogP contribution is -2.24. The van der Waals surface area contributed by atoms with E-state index < -0.39 is 10.8 Å². The summed E-state index contributed by atoms with van der Waals surface area (Å²) in [5, 5.41) is 8.89. The summed E-state index contributed by atoms with van der Waals surface area (Å²) >= 11 is 0. The van der Waals surface area contributed by atoms with E-state index in [4.69, 9.17) is 5.11 Å². The first-order chi connectivity index (χ1) is 3.79. The van der Waals surface area contributed by atoms with Crippen LogP contribution >= 0.6 is 0 Å². The minimum Gasteiger partial charge on any atom is -0.392 e. The van der Waals surface area contributed by atoms with Gasteiger partial charge in [0.05, 0.1) is 6.10 Å². The Bertz CT molecular complexity index is 103. The first-order valence-corrected chi connectivity index (χ1v) is 4.31. The quantitative estimate of drug-likeness (QED) is 0.502. The topological polar surface area (TPSA) is 37.3 Å². The van der Waals surface area contributed by atoms with E-state index in [0.29, 0.717) is 5.75 Å². The van der Waals surface area contributed by atoms with E-state index in [-0.39, 0.29) is 6.10 Å². The fraction of sp³-hybridized carbons (Fsp3) is 1.00. The van der Waals surface area contributed by atoms with Crippen LogP contribution in [0, 0.1) is 0 Å². The SMILES string of the molecule is O=S1CCC[C@@H](O)C1. The first kappa shape index (κ1) is 6.23. The van der Waals surface area contributed by atoms with Gasteiger partial charge in [0, 0.05) is 22.3 Å². The van der Waals surface area contributed by atoms with E-state index in [1.165, 1.54) is 0 Å². The minimum atomic E-state index is -0.720. The Labute approximate surface area is 51.4 Å². The number of rotatable bonds is 0. The molecule has 2 nitrogen and oxygen atoms in total. The molecule has 0 saturated carbocycles. The van der Waals surface area contributed by atoms with Crippen molar-refractivity contribution in [2.75, 3.05) is 11.5 Å². The molecule has 1 fully saturated rings. The summed E-state index contributed by atoms with van der Waals surface area (Å²) in [6.45, 7) is 0. The second-order valence-corrected chi connectivity index (χ2v) is 3.73. The summed E-state index contributed by atoms with van der Waals surface area (Å²) in [6, 6.07) is 0. The standard InChI is InChI=1S/C5H10O2S/c6-5-2-1-3-8(7)4-5/h5-6H,1-4H2/t5-,8?/m1/s1. The Hall–Kier alpha value is 0.110. The van der Waals surface area contributed by atoms with Gasteiger partial charge in [0.2, 0.25) is 0 Å². The normalized spacial score (nSPS) is 39.6. The molecule has 0 radical (unpaired) electrons. The summed E-state index contributed by atoms with van der Waals surface area (Å²) < 4.78 is 10.6. The van der Waals surface area contributed by atoms with E-state index in [9.17, 15) is 4.21 Å². The van der Waals surface area contributed by atoms with Crippen molar-refractivity contribution in [3.63, 3.8) is 0 Å². The second-order valence-electron chi connectivity index (χ2n) is 2.11. The third-order valence-electron chi connectivity index (χ3n) is 1.29. The Balaban J connectivity index is 2.34. The van der Waals surface area contributed by atoms with Gasteiger partial charge in [0.25, 0.3) is 0 Å². The lowest BCUT2D eigenvalue weighted by molar-refractivity contribution is 0.183. The molecule has 1 aliphatic rings. The van der Waals surface area contributed by atoms with Crippen molar-refractivity contribution in [1.29, 1.82) is 0 Å². The van der Waals surface area contributed by atoms with Crippen LogP contribution in [0.3, 0.4) is 0 Å². The molecule has 0 aromatic carbocycles. The monoisotopic (exact) mass is 134 g/mol. The smallest absolute Gasteiger partial charge is 0.0655 e. The molecule has 1 rings (SSSR count). The van der Waals surface area contributed by atoms with Crippen LogP contribution in [-0.2, 0) is 10.8 Å². The summed E-state index contributed by atoms with van der Waals surface area (Å²) in [5.74, 6) is 1.29. The highest BCUT2D eigenvalue weighted by Gasteiger charge is 2.14. The molecule has 1 N–H and O–H groups in total. The van der Waals surface area contributed by atoms with Gasteiger partial charge in [-0.1, -0.05) is 0 Å². The molecule has 0 aliphatic carbocycles. The van der Waals surface area contributed by atoms with Crippen LogP contribution in [0.4, 0.5) is 0 Å². The van der Waals surface area contributed by atoms with E-state index >= 15 is 0 Å². The Morgan fingerprint density at radius 3 is 2.75 bits per heavy atom. The maximum absolute atomic E-state index is 10.6. The average Bonchev–Trinajstić information content (AvgIpc) is 1.64. The van der Waals surface area contributed by atoms with Gasteiger partial charge in [-0.15, -0.1) is 0 Å². The number of aliphatic hydroxyl groups excluding tert-OH is 1. The zero-order valence-corrected chi connectivity index (χ0v) is 5.49. The van der Waals surface area contributed by atoms with Crippen molar-refractivity contribution in [3.8, 4) is 0 Å². The van der Waals surface area contributed by atoms with Gasteiger partial charge in [-0.25, -0.2) is 0 Å². The zero-order valence-electron chi connectivity index (χ0n) is 4.67. The average molecular weight is 134 g/mol. The predicted molar refractivity (Wildman–Crippen MR) is 33.1 cm³/mol. The van der Waals surface area contributed by atoms with Crippen molar-refractivity contribution in [2.45, 2.75) is 18.9 Å². The van der Waals surface area contributed by atoms with E-state index in [1.54, 1.807) is 0 Å². The highest BCUT2D eigenvalue weighted by atomic mass is 32.2. The van der Waals surface area contributed by atoms with Crippen LogP contribution in [0.15, 0.2) is 0 Å². The second kappa shape index (κ2) is 2.60. The number of hydrogen-bond donors (Lipinski definition) is 1. The molecule has 1 aliphatic heterocycles. The van der Waals surface area contributed by atoms with Crippen LogP contribution < -0.4 is 0 Å². The molecule has 1 heterocycles. The van der Waals surface area contributed by atoms with Crippen LogP contribution in [0.5, 0.6) is 0 Å². The van der Waals surface area contributed by atoms with Gasteiger partial charge in [0.15, 0.2) is 0 Å². The third kappa shape index (κ3) is 1.56. The fourth-order valence-corrected chi connectivity index (χ4v) is 2.11. The first-order valence-electron chi connectivity index (χ1n) is 2.82. The van der Waals surface area contributed by atoms with Gasteiger partial charge in [-0.2, -0.15) is 0 Å². The van der Waals surface area contributed by atoms with E-state index in [1.807, 2.05) is 0 Å². The molecule has 0 aromatic heterocycles. The maximum Gasteiger partial charge on any atom is 0.0655 e. The lowest BCUT2D eigenvalue weighted by Gasteiger charge is -2.14. The highest BCUT2D eigenvalue weighted by Crippen LogP contribution is 2.07. The molecular weight excluding hydrogens is 124 g/mol. The largest absolute Gasteiger partial charge is 0.392 e. The summed E-state index contributed by atoms with van der Waals surface area (Å²) in [7, 11) is -0.720. The molecule has 2 atom stereocenters. The third-order valence-corrected chi connectivity index (χ3v) is 2.79. The molecule has 0 amide bonds. The van der Waals surface area contributed by atoms with Crippen LogP contribution in [0.25, 0.3) is 0 Å². The van der Waals surface area contributed by atoms with Crippen molar-refractivity contribution >= 4 is 10.8 Å². The van der Waals surface area contributed by atoms with Crippen molar-refractivity contribution in [1.82, 2.24) is 0 Å². The Morgan fingerprint density at radius 2 is 2.38 bits per heavy atom. The minimum absolute atomic E-state index is 0.287. The molecular formula is C5H10O2S. The van der Waals surface area contributed by atoms with Crippen LogP contribution in [0.2, 0.25) is 0 Å². The molecule has 1 unspecified atom stereocenters. The molecule has 0 spiro atoms. The molecule has 0 aromatic rings. The van der Waals surface area contributed by atoms with E-state index in [0.717, 1.165) is 18.6 Å². The molecule has 48 valence electrons. The van der Waals surface area contributed by atoms with Crippen LogP contribution in [0.1, 0.15) is 12.8 Å². The zero-order chi connectivity index (χ0) is 5.98. The van der Waals surface area contributed by atoms with Gasteiger partial charge in [-0.05, 0) is 12.8 Å². The predicted octanol–water partition coefficient (Wildman–Crippen LogP) is -0.110. The summed E-state index contributed by atoms with van der Waals surface area (Å²) in [5.41, 5.74) is 0. The van der Waals surface area contributed by atoms with Crippen molar-refractivity contribution < 1.29 is 9.32 Å². The summed E-state index contributed by atoms with van der Waals surface area (Å²) in [6.07, 6.45) is 1.48. The van der Waals surface area contributed by atoms with Gasteiger partial charge < -0.3 is 5.11 Å². The highest BCUT2D eigenvalue weighted by molar-refractivity contribution is 7.85. The van der Waals surface area contributed by atoms with Gasteiger partial charge in [0.1, 0.15) is 0 Å². The Morgan fingerprint density at radius 1 is 1.62 bits per heavy atom. The van der Waals surface area contributed by atoms with Crippen molar-refractivity contribution in [3.05, 3.63) is 0 Å². The number of hydrogen-bond acceptors (Lipinski definition) is 2. The van der Waals surface area contributed by atoms with Gasteiger partial charge >= 0.3 is 0 Å². The molecule has 1 saturated heterocycles. The molecule has 0 bridgehead atoms. The summed E-state index contributed by atoms with van der Waals surface area (Å²) in [4.78, 5) is 0. The van der Waals surface area contributed by atoms with Crippen molar-refractivity contribution in [2.24, 2.45) is 0 Å². The fourth-order valence-electron chi connectivity index (χ4n) is 0.861. The van der Waals surface area contributed by atoms with E-state index in [2.05, 4.69) is 0 Å². The Kier molecular flexibility index (Phi) is 2.02. The number of aliphatic hydroxyl groups is 1. The van der Waals surface area contributed by atoms with Gasteiger partial charge in [-0.3, -0.25) is 4.21 Å². The lowest BCUT2D eigenvalue weighted by atomic mass is 10.2. The molecule has 8 heavy (non-hydrogen) atoms. The molecule has 3 heteroatoms. The maximum atomic E-state index is 10.6.